The van der Waals surface area contributed by atoms with E-state index in [9.17, 15) is 0 Å². The van der Waals surface area contributed by atoms with Gasteiger partial charge in [0.05, 0.1) is 0 Å². The molecule has 1 aromatic rings. The highest BCUT2D eigenvalue weighted by Crippen LogP contribution is 2.26. The third kappa shape index (κ3) is 3.25. The monoisotopic (exact) mass is 277 g/mol. The average molecular weight is 277 g/mol. The number of hydrogen-bond acceptors (Lipinski definition) is 3. The summed E-state index contributed by atoms with van der Waals surface area (Å²) < 4.78 is 0. The maximum absolute atomic E-state index is 5.83. The van der Waals surface area contributed by atoms with Crippen molar-refractivity contribution in [2.45, 2.75) is 26.3 Å². The zero-order chi connectivity index (χ0) is 14.0. The molecule has 0 radical (unpaired) electrons. The van der Waals surface area contributed by atoms with E-state index in [1.54, 1.807) is 0 Å². The zero-order valence-corrected chi connectivity index (χ0v) is 12.8. The van der Waals surface area contributed by atoms with E-state index in [0.29, 0.717) is 16.9 Å². The van der Waals surface area contributed by atoms with Gasteiger partial charge in [0.15, 0.2) is 0 Å². The third-order valence-corrected chi connectivity index (χ3v) is 4.20. The van der Waals surface area contributed by atoms with Gasteiger partial charge in [0.25, 0.3) is 0 Å². The van der Waals surface area contributed by atoms with Crippen molar-refractivity contribution in [3.05, 3.63) is 29.3 Å². The van der Waals surface area contributed by atoms with Crippen molar-refractivity contribution < 1.29 is 0 Å². The van der Waals surface area contributed by atoms with Crippen LogP contribution in [-0.2, 0) is 0 Å². The fourth-order valence-electron chi connectivity index (χ4n) is 2.82. The van der Waals surface area contributed by atoms with Gasteiger partial charge in [-0.2, -0.15) is 0 Å². The number of benzene rings is 1. The Morgan fingerprint density at radius 3 is 2.84 bits per heavy atom. The Kier molecular flexibility index (Phi) is 4.42. The lowest BCUT2D eigenvalue weighted by Crippen LogP contribution is -2.43. The van der Waals surface area contributed by atoms with Crippen LogP contribution in [0.2, 0.25) is 0 Å². The summed E-state index contributed by atoms with van der Waals surface area (Å²) in [5.41, 5.74) is 9.10. The first-order valence-electron chi connectivity index (χ1n) is 6.83. The Balaban J connectivity index is 2.21. The van der Waals surface area contributed by atoms with Gasteiger partial charge < -0.3 is 16.0 Å². The quantitative estimate of drug-likeness (QED) is 0.832. The van der Waals surface area contributed by atoms with E-state index in [4.69, 9.17) is 18.0 Å². The van der Waals surface area contributed by atoms with Gasteiger partial charge in [0, 0.05) is 23.8 Å². The number of rotatable bonds is 3. The van der Waals surface area contributed by atoms with Crippen LogP contribution in [0.5, 0.6) is 0 Å². The third-order valence-electron chi connectivity index (χ3n) is 3.98. The molecule has 1 heterocycles. The van der Waals surface area contributed by atoms with Crippen molar-refractivity contribution in [1.29, 1.82) is 0 Å². The molecule has 2 atom stereocenters. The molecule has 1 aliphatic heterocycles. The maximum atomic E-state index is 5.83. The summed E-state index contributed by atoms with van der Waals surface area (Å²) >= 11 is 5.15. The molecular formula is C15H23N3S. The topological polar surface area (TPSA) is 41.3 Å². The van der Waals surface area contributed by atoms with Crippen LogP contribution in [0.1, 0.15) is 24.5 Å². The summed E-state index contributed by atoms with van der Waals surface area (Å²) in [7, 11) is 2.18. The second-order valence-electron chi connectivity index (χ2n) is 5.64. The minimum Gasteiger partial charge on any atom is -0.389 e. The van der Waals surface area contributed by atoms with Crippen LogP contribution in [0.4, 0.5) is 5.69 Å². The van der Waals surface area contributed by atoms with Gasteiger partial charge in [-0.15, -0.1) is 0 Å². The molecule has 0 saturated carbocycles. The number of nitrogens with one attached hydrogen (secondary N) is 1. The molecule has 4 heteroatoms. The van der Waals surface area contributed by atoms with Gasteiger partial charge in [-0.1, -0.05) is 31.3 Å². The van der Waals surface area contributed by atoms with Crippen molar-refractivity contribution >= 4 is 22.9 Å². The van der Waals surface area contributed by atoms with E-state index in [1.807, 2.05) is 12.1 Å². The number of anilines is 1. The fraction of sp³-hybridized carbons (Fsp3) is 0.533. The highest BCUT2D eigenvalue weighted by Gasteiger charge is 2.25. The van der Waals surface area contributed by atoms with Crippen LogP contribution in [0.25, 0.3) is 0 Å². The van der Waals surface area contributed by atoms with E-state index in [2.05, 4.69) is 37.2 Å². The average Bonchev–Trinajstić information content (AvgIpc) is 2.34. The first kappa shape index (κ1) is 14.3. The molecular weight excluding hydrogens is 254 g/mol. The predicted octanol–water partition coefficient (Wildman–Crippen LogP) is 2.38. The number of nitrogens with two attached hydrogens (primary N) is 1. The molecule has 104 valence electrons. The molecule has 0 aromatic heterocycles. The Labute approximate surface area is 121 Å². The Morgan fingerprint density at radius 1 is 1.47 bits per heavy atom. The highest BCUT2D eigenvalue weighted by atomic mass is 32.1. The molecule has 1 saturated heterocycles. The van der Waals surface area contributed by atoms with Gasteiger partial charge in [0.1, 0.15) is 4.99 Å². The fourth-order valence-corrected chi connectivity index (χ4v) is 2.99. The second-order valence-corrected chi connectivity index (χ2v) is 6.08. The Bertz CT molecular complexity index is 472. The summed E-state index contributed by atoms with van der Waals surface area (Å²) in [5.74, 6) is 0.623. The SMILES string of the molecule is Cc1cccc(C(N)=S)c1NC1CCN(C)CC1C. The molecule has 0 spiro atoms. The van der Waals surface area contributed by atoms with E-state index in [-0.39, 0.29) is 0 Å². The maximum Gasteiger partial charge on any atom is 0.106 e. The lowest BCUT2D eigenvalue weighted by atomic mass is 9.93. The van der Waals surface area contributed by atoms with Gasteiger partial charge >= 0.3 is 0 Å². The van der Waals surface area contributed by atoms with Crippen LogP contribution in [0, 0.1) is 12.8 Å². The first-order chi connectivity index (χ1) is 8.99. The van der Waals surface area contributed by atoms with Crippen LogP contribution in [0.15, 0.2) is 18.2 Å². The largest absolute Gasteiger partial charge is 0.389 e. The van der Waals surface area contributed by atoms with Crippen molar-refractivity contribution in [1.82, 2.24) is 4.90 Å². The van der Waals surface area contributed by atoms with E-state index in [1.165, 1.54) is 5.56 Å². The smallest absolute Gasteiger partial charge is 0.106 e. The number of likely N-dealkylation sites (tertiary alicyclic amines) is 1. The van der Waals surface area contributed by atoms with E-state index in [0.717, 1.165) is 30.8 Å². The van der Waals surface area contributed by atoms with Gasteiger partial charge in [-0.25, -0.2) is 0 Å². The van der Waals surface area contributed by atoms with Crippen LogP contribution in [-0.4, -0.2) is 36.1 Å². The van der Waals surface area contributed by atoms with Crippen molar-refractivity contribution in [2.75, 3.05) is 25.5 Å². The molecule has 0 aliphatic carbocycles. The molecule has 0 bridgehead atoms. The molecule has 1 fully saturated rings. The summed E-state index contributed by atoms with van der Waals surface area (Å²) in [6, 6.07) is 6.60. The van der Waals surface area contributed by atoms with E-state index < -0.39 is 0 Å². The molecule has 2 rings (SSSR count). The summed E-state index contributed by atoms with van der Waals surface area (Å²) in [5, 5.41) is 3.68. The van der Waals surface area contributed by atoms with Crippen molar-refractivity contribution in [3.8, 4) is 0 Å². The normalized spacial score (nSPS) is 24.2. The van der Waals surface area contributed by atoms with Gasteiger partial charge in [-0.05, 0) is 44.5 Å². The lowest BCUT2D eigenvalue weighted by Gasteiger charge is -2.36. The number of hydrogen-bond donors (Lipinski definition) is 2. The summed E-state index contributed by atoms with van der Waals surface area (Å²) in [4.78, 5) is 2.85. The molecule has 1 aromatic carbocycles. The van der Waals surface area contributed by atoms with Crippen molar-refractivity contribution in [3.63, 3.8) is 0 Å². The van der Waals surface area contributed by atoms with Crippen LogP contribution < -0.4 is 11.1 Å². The Hall–Kier alpha value is -1.13. The lowest BCUT2D eigenvalue weighted by molar-refractivity contribution is 0.206. The molecule has 2 unspecified atom stereocenters. The van der Waals surface area contributed by atoms with Crippen molar-refractivity contribution in [2.24, 2.45) is 11.7 Å². The van der Waals surface area contributed by atoms with E-state index >= 15 is 0 Å². The molecule has 1 aliphatic rings. The van der Waals surface area contributed by atoms with Crippen LogP contribution >= 0.6 is 12.2 Å². The minimum absolute atomic E-state index is 0.465. The highest BCUT2D eigenvalue weighted by molar-refractivity contribution is 7.80. The zero-order valence-electron chi connectivity index (χ0n) is 11.9. The molecule has 0 amide bonds. The summed E-state index contributed by atoms with van der Waals surface area (Å²) in [6.45, 7) is 6.66. The summed E-state index contributed by atoms with van der Waals surface area (Å²) in [6.07, 6.45) is 1.16. The number of para-hydroxylation sites is 1. The number of thiocarbonyl (C=S) groups is 1. The molecule has 19 heavy (non-hydrogen) atoms. The molecule has 3 nitrogen and oxygen atoms in total. The number of piperidine rings is 1. The van der Waals surface area contributed by atoms with Gasteiger partial charge in [0.2, 0.25) is 0 Å². The first-order valence-corrected chi connectivity index (χ1v) is 7.24. The minimum atomic E-state index is 0.465. The standard InChI is InChI=1S/C15H23N3S/c1-10-5-4-6-12(15(16)19)14(10)17-13-7-8-18(3)9-11(13)2/h4-6,11,13,17H,7-9H2,1-3H3,(H2,16,19). The predicted molar refractivity (Wildman–Crippen MR) is 85.8 cm³/mol. The number of aryl methyl sites for hydroxylation is 1. The number of nitrogens with zero attached hydrogens (tertiary/aromatic N) is 1. The second kappa shape index (κ2) is 5.88. The Morgan fingerprint density at radius 2 is 2.21 bits per heavy atom. The van der Waals surface area contributed by atoms with Crippen LogP contribution in [0.3, 0.4) is 0 Å². The van der Waals surface area contributed by atoms with Gasteiger partial charge in [-0.3, -0.25) is 0 Å². The molecule has 3 N–H and O–H groups in total.